The first-order chi connectivity index (χ1) is 21.1. The van der Waals surface area contributed by atoms with Gasteiger partial charge in [-0.25, -0.2) is 13.2 Å². The Bertz CT molecular complexity index is 1760. The van der Waals surface area contributed by atoms with Gasteiger partial charge in [0.1, 0.15) is 11.9 Å². The number of nitrogens with zero attached hydrogens (tertiary/aromatic N) is 2. The number of ether oxygens (including phenoxy) is 1. The maximum Gasteiger partial charge on any atom is 0.321 e. The number of aliphatic hydroxyl groups is 1. The molecule has 0 bridgehead atoms. The minimum absolute atomic E-state index is 0.0866. The highest BCUT2D eigenvalue weighted by atomic mass is 32.2. The number of sulfonamides is 1. The van der Waals surface area contributed by atoms with Gasteiger partial charge in [-0.15, -0.1) is 0 Å². The number of nitrogens with one attached hydrogen (secondary N) is 2. The molecule has 0 spiro atoms. The van der Waals surface area contributed by atoms with Crippen molar-refractivity contribution in [2.75, 3.05) is 36.8 Å². The second kappa shape index (κ2) is 12.9. The normalized spacial score (nSPS) is 17.5. The fraction of sp³-hybridized carbons (Fsp3) is 0.273. The number of hydrogen-bond acceptors (Lipinski definition) is 6. The van der Waals surface area contributed by atoms with Crippen molar-refractivity contribution in [1.29, 1.82) is 0 Å². The molecule has 230 valence electrons. The number of aliphatic hydroxyl groups excluding tert-OH is 1. The second-order valence-electron chi connectivity index (χ2n) is 11.1. The number of fused-ring (bicyclic) bond motifs is 2. The van der Waals surface area contributed by atoms with Crippen molar-refractivity contribution in [2.24, 2.45) is 5.92 Å². The van der Waals surface area contributed by atoms with Gasteiger partial charge in [0.2, 0.25) is 0 Å². The molecule has 0 unspecified atom stereocenters. The van der Waals surface area contributed by atoms with E-state index >= 15 is 0 Å². The number of carbonyl (C=O) groups excluding carboxylic acids is 2. The van der Waals surface area contributed by atoms with Crippen molar-refractivity contribution in [3.8, 4) is 5.75 Å². The molecule has 0 radical (unpaired) electrons. The number of carbonyl (C=O) groups is 2. The van der Waals surface area contributed by atoms with E-state index in [2.05, 4.69) is 10.0 Å². The molecule has 44 heavy (non-hydrogen) atoms. The quantitative estimate of drug-likeness (QED) is 0.255. The molecule has 4 aromatic carbocycles. The van der Waals surface area contributed by atoms with Crippen LogP contribution in [0.5, 0.6) is 5.75 Å². The number of hydrogen-bond donors (Lipinski definition) is 3. The summed E-state index contributed by atoms with van der Waals surface area (Å²) < 4.78 is 34.8. The molecule has 5 rings (SSSR count). The fourth-order valence-electron chi connectivity index (χ4n) is 5.22. The molecule has 11 heteroatoms. The van der Waals surface area contributed by atoms with Crippen LogP contribution in [0.3, 0.4) is 0 Å². The van der Waals surface area contributed by atoms with E-state index in [0.717, 1.165) is 10.8 Å². The molecular formula is C33H36N4O6S. The maximum atomic E-state index is 13.8. The van der Waals surface area contributed by atoms with Gasteiger partial charge in [0.05, 0.1) is 35.3 Å². The average molecular weight is 617 g/mol. The maximum absolute atomic E-state index is 13.8. The average Bonchev–Trinajstić information content (AvgIpc) is 3.03. The lowest BCUT2D eigenvalue weighted by Crippen LogP contribution is -2.50. The molecule has 0 saturated carbocycles. The molecule has 1 heterocycles. The van der Waals surface area contributed by atoms with Crippen molar-refractivity contribution in [2.45, 2.75) is 30.9 Å². The van der Waals surface area contributed by atoms with Gasteiger partial charge < -0.3 is 25.0 Å². The summed E-state index contributed by atoms with van der Waals surface area (Å²) in [4.78, 5) is 30.2. The van der Waals surface area contributed by atoms with Gasteiger partial charge in [-0.1, -0.05) is 61.5 Å². The third-order valence-corrected chi connectivity index (χ3v) is 9.20. The first kappa shape index (κ1) is 30.8. The standard InChI is InChI=1S/C33H36N4O6S/c1-22-19-37(23(2)21-38)32(39)28-18-25(35-44(41,42)26-12-5-4-6-13-26)16-17-30(28)43-31(22)20-36(3)33(40)34-29-15-9-11-24-10-7-8-14-27(24)29/h4-18,22-23,31,35,38H,19-21H2,1-3H3,(H,34,40)/t22-,23+,31-/m1/s1. The van der Waals surface area contributed by atoms with Crippen LogP contribution in [0.15, 0.2) is 95.9 Å². The number of urea groups is 1. The smallest absolute Gasteiger partial charge is 0.321 e. The zero-order valence-corrected chi connectivity index (χ0v) is 25.6. The highest BCUT2D eigenvalue weighted by molar-refractivity contribution is 7.92. The van der Waals surface area contributed by atoms with Crippen LogP contribution in [0.25, 0.3) is 10.8 Å². The van der Waals surface area contributed by atoms with Crippen LogP contribution in [0, 0.1) is 5.92 Å². The third kappa shape index (κ3) is 6.63. The Morgan fingerprint density at radius 2 is 1.75 bits per heavy atom. The molecular weight excluding hydrogens is 580 g/mol. The lowest BCUT2D eigenvalue weighted by molar-refractivity contribution is 0.0371. The van der Waals surface area contributed by atoms with E-state index in [1.165, 1.54) is 29.2 Å². The summed E-state index contributed by atoms with van der Waals surface area (Å²) in [6.45, 7) is 3.87. The number of anilines is 2. The minimum atomic E-state index is -3.90. The minimum Gasteiger partial charge on any atom is -0.487 e. The topological polar surface area (TPSA) is 128 Å². The highest BCUT2D eigenvalue weighted by Gasteiger charge is 2.34. The van der Waals surface area contributed by atoms with Crippen LogP contribution in [0.1, 0.15) is 24.2 Å². The zero-order valence-electron chi connectivity index (χ0n) is 24.8. The fourth-order valence-corrected chi connectivity index (χ4v) is 6.29. The summed E-state index contributed by atoms with van der Waals surface area (Å²) in [5, 5.41) is 14.9. The molecule has 10 nitrogen and oxygen atoms in total. The van der Waals surface area contributed by atoms with E-state index in [1.807, 2.05) is 49.4 Å². The number of rotatable bonds is 8. The van der Waals surface area contributed by atoms with Crippen LogP contribution in [-0.2, 0) is 10.0 Å². The predicted molar refractivity (Wildman–Crippen MR) is 170 cm³/mol. The van der Waals surface area contributed by atoms with Crippen molar-refractivity contribution < 1.29 is 27.9 Å². The van der Waals surface area contributed by atoms with Gasteiger partial charge in [0.15, 0.2) is 0 Å². The molecule has 3 amide bonds. The first-order valence-corrected chi connectivity index (χ1v) is 15.9. The van der Waals surface area contributed by atoms with E-state index in [0.29, 0.717) is 5.69 Å². The summed E-state index contributed by atoms with van der Waals surface area (Å²) in [5.41, 5.74) is 1.03. The summed E-state index contributed by atoms with van der Waals surface area (Å²) in [6.07, 6.45) is -0.523. The molecule has 0 aliphatic carbocycles. The lowest BCUT2D eigenvalue weighted by Gasteiger charge is -2.38. The second-order valence-corrected chi connectivity index (χ2v) is 12.8. The molecule has 3 atom stereocenters. The monoisotopic (exact) mass is 616 g/mol. The van der Waals surface area contributed by atoms with Gasteiger partial charge in [0, 0.05) is 30.6 Å². The van der Waals surface area contributed by atoms with Gasteiger partial charge >= 0.3 is 6.03 Å². The van der Waals surface area contributed by atoms with Crippen LogP contribution in [0.4, 0.5) is 16.2 Å². The largest absolute Gasteiger partial charge is 0.487 e. The molecule has 3 N–H and O–H groups in total. The SMILES string of the molecule is C[C@@H]1CN([C@@H](C)CO)C(=O)c2cc(NS(=O)(=O)c3ccccc3)ccc2O[C@@H]1CN(C)C(=O)Nc1cccc2ccccc12. The van der Waals surface area contributed by atoms with E-state index < -0.39 is 28.1 Å². The summed E-state index contributed by atoms with van der Waals surface area (Å²) >= 11 is 0. The molecule has 4 aromatic rings. The number of benzene rings is 4. The highest BCUT2D eigenvalue weighted by Crippen LogP contribution is 2.32. The zero-order chi connectivity index (χ0) is 31.4. The van der Waals surface area contributed by atoms with Crippen molar-refractivity contribution >= 4 is 44.1 Å². The van der Waals surface area contributed by atoms with E-state index in [4.69, 9.17) is 4.74 Å². The Hall–Kier alpha value is -4.61. The van der Waals surface area contributed by atoms with Crippen molar-refractivity contribution in [1.82, 2.24) is 9.80 Å². The summed E-state index contributed by atoms with van der Waals surface area (Å²) in [7, 11) is -2.22. The third-order valence-electron chi connectivity index (χ3n) is 7.80. The Labute approximate surface area is 257 Å². The number of likely N-dealkylation sites (N-methyl/N-ethyl adjacent to an activating group) is 1. The molecule has 1 aliphatic rings. The van der Waals surface area contributed by atoms with Crippen LogP contribution >= 0.6 is 0 Å². The number of amides is 3. The molecule has 1 aliphatic heterocycles. The van der Waals surface area contributed by atoms with Crippen LogP contribution in [-0.4, -0.2) is 74.2 Å². The molecule has 0 saturated heterocycles. The van der Waals surface area contributed by atoms with E-state index in [9.17, 15) is 23.1 Å². The molecule has 0 fully saturated rings. The van der Waals surface area contributed by atoms with Gasteiger partial charge in [-0.2, -0.15) is 0 Å². The summed E-state index contributed by atoms with van der Waals surface area (Å²) in [5.74, 6) is -0.355. The van der Waals surface area contributed by atoms with Crippen LogP contribution < -0.4 is 14.8 Å². The van der Waals surface area contributed by atoms with E-state index in [1.54, 1.807) is 43.1 Å². The predicted octanol–water partition coefficient (Wildman–Crippen LogP) is 5.02. The molecule has 0 aromatic heterocycles. The Kier molecular flexibility index (Phi) is 9.07. The van der Waals surface area contributed by atoms with Gasteiger partial charge in [-0.3, -0.25) is 9.52 Å². The van der Waals surface area contributed by atoms with E-state index in [-0.39, 0.29) is 53.5 Å². The lowest BCUT2D eigenvalue weighted by atomic mass is 9.99. The van der Waals surface area contributed by atoms with Gasteiger partial charge in [-0.05, 0) is 48.7 Å². The summed E-state index contributed by atoms with van der Waals surface area (Å²) in [6, 6.07) is 25.1. The Balaban J connectivity index is 1.40. The van der Waals surface area contributed by atoms with Crippen LogP contribution in [0.2, 0.25) is 0 Å². The first-order valence-electron chi connectivity index (χ1n) is 14.4. The van der Waals surface area contributed by atoms with Crippen molar-refractivity contribution in [3.63, 3.8) is 0 Å². The van der Waals surface area contributed by atoms with Gasteiger partial charge in [0.25, 0.3) is 15.9 Å². The van der Waals surface area contributed by atoms with Crippen molar-refractivity contribution in [3.05, 3.63) is 96.6 Å². The Morgan fingerprint density at radius 3 is 2.50 bits per heavy atom. The Morgan fingerprint density at radius 1 is 1.05 bits per heavy atom.